The normalized spacial score (nSPS) is 20.1. The van der Waals surface area contributed by atoms with Crippen LogP contribution >= 0.6 is 0 Å². The Hall–Kier alpha value is -1.91. The summed E-state index contributed by atoms with van der Waals surface area (Å²) in [7, 11) is 0. The van der Waals surface area contributed by atoms with Gasteiger partial charge in [0.15, 0.2) is 0 Å². The number of halogens is 1. The van der Waals surface area contributed by atoms with Gasteiger partial charge in [-0.2, -0.15) is 0 Å². The molecule has 1 atom stereocenters. The lowest BCUT2D eigenvalue weighted by Gasteiger charge is -2.40. The number of piperazine rings is 1. The van der Waals surface area contributed by atoms with Gasteiger partial charge in [0.05, 0.1) is 6.04 Å². The van der Waals surface area contributed by atoms with Crippen LogP contribution in [0.4, 0.5) is 4.39 Å². The number of carbonyl (C=O) groups excluding carboxylic acids is 2. The van der Waals surface area contributed by atoms with E-state index < -0.39 is 5.54 Å². The minimum atomic E-state index is -0.899. The summed E-state index contributed by atoms with van der Waals surface area (Å²) in [5, 5.41) is 2.66. The molecule has 0 aliphatic carbocycles. The number of carbonyl (C=O) groups is 2. The zero-order valence-corrected chi connectivity index (χ0v) is 11.2. The van der Waals surface area contributed by atoms with Gasteiger partial charge < -0.3 is 10.2 Å². The van der Waals surface area contributed by atoms with E-state index in [1.54, 1.807) is 26.0 Å². The largest absolute Gasteiger partial charge is 0.341 e. The molecule has 1 aromatic carbocycles. The first kappa shape index (κ1) is 13.5. The van der Waals surface area contributed by atoms with Crippen LogP contribution in [0.2, 0.25) is 0 Å². The average Bonchev–Trinajstić information content (AvgIpc) is 2.33. The summed E-state index contributed by atoms with van der Waals surface area (Å²) in [6, 6.07) is 5.70. The Balaban J connectivity index is 2.27. The number of hydrogen-bond donors (Lipinski definition) is 1. The molecule has 0 spiro atoms. The molecule has 1 heterocycles. The molecule has 1 aromatic rings. The lowest BCUT2D eigenvalue weighted by molar-refractivity contribution is -0.150. The Morgan fingerprint density at radius 3 is 2.42 bits per heavy atom. The van der Waals surface area contributed by atoms with E-state index in [2.05, 4.69) is 5.32 Å². The molecular weight excluding hydrogens is 247 g/mol. The number of hydrogen-bond acceptors (Lipinski definition) is 2. The fourth-order valence-corrected chi connectivity index (χ4v) is 2.26. The third kappa shape index (κ3) is 2.59. The molecule has 1 N–H and O–H groups in total. The zero-order chi connectivity index (χ0) is 14.2. The number of benzene rings is 1. The third-order valence-corrected chi connectivity index (χ3v) is 3.38. The second kappa shape index (κ2) is 4.64. The van der Waals surface area contributed by atoms with Crippen LogP contribution in [-0.2, 0) is 9.59 Å². The first-order chi connectivity index (χ1) is 8.81. The Kier molecular flexibility index (Phi) is 3.30. The minimum Gasteiger partial charge on any atom is -0.341 e. The summed E-state index contributed by atoms with van der Waals surface area (Å²) in [4.78, 5) is 25.5. The van der Waals surface area contributed by atoms with E-state index in [0.717, 1.165) is 5.56 Å². The van der Waals surface area contributed by atoms with Crippen LogP contribution in [0.25, 0.3) is 0 Å². The highest BCUT2D eigenvalue weighted by Crippen LogP contribution is 2.25. The SMILES string of the molecule is CC(c1ccc(F)cc1)N1CC(=O)NC(C)(C)C1=O. The predicted octanol–water partition coefficient (Wildman–Crippen LogP) is 1.62. The second-order valence-corrected chi connectivity index (χ2v) is 5.33. The smallest absolute Gasteiger partial charge is 0.248 e. The number of nitrogens with one attached hydrogen (secondary N) is 1. The summed E-state index contributed by atoms with van der Waals surface area (Å²) >= 11 is 0. The fraction of sp³-hybridized carbons (Fsp3) is 0.429. The van der Waals surface area contributed by atoms with E-state index in [-0.39, 0.29) is 30.2 Å². The monoisotopic (exact) mass is 264 g/mol. The fourth-order valence-electron chi connectivity index (χ4n) is 2.26. The molecule has 4 nitrogen and oxygen atoms in total. The van der Waals surface area contributed by atoms with E-state index in [1.807, 2.05) is 6.92 Å². The number of nitrogens with zero attached hydrogens (tertiary/aromatic N) is 1. The summed E-state index contributed by atoms with van der Waals surface area (Å²) in [6.07, 6.45) is 0. The van der Waals surface area contributed by atoms with Crippen LogP contribution in [0, 0.1) is 5.82 Å². The van der Waals surface area contributed by atoms with Gasteiger partial charge in [-0.1, -0.05) is 12.1 Å². The topological polar surface area (TPSA) is 49.4 Å². The summed E-state index contributed by atoms with van der Waals surface area (Å²) in [5.41, 5.74) is -0.0934. The molecule has 0 bridgehead atoms. The molecule has 0 saturated carbocycles. The molecule has 2 amide bonds. The van der Waals surface area contributed by atoms with Crippen molar-refractivity contribution in [1.82, 2.24) is 10.2 Å². The molecule has 19 heavy (non-hydrogen) atoms. The molecule has 1 aliphatic rings. The van der Waals surface area contributed by atoms with Crippen molar-refractivity contribution in [3.05, 3.63) is 35.6 Å². The minimum absolute atomic E-state index is 0.0286. The summed E-state index contributed by atoms with van der Waals surface area (Å²) < 4.78 is 12.9. The van der Waals surface area contributed by atoms with Crippen LogP contribution in [0.15, 0.2) is 24.3 Å². The Morgan fingerprint density at radius 1 is 1.26 bits per heavy atom. The van der Waals surface area contributed by atoms with E-state index in [9.17, 15) is 14.0 Å². The van der Waals surface area contributed by atoms with Gasteiger partial charge in [-0.25, -0.2) is 4.39 Å². The van der Waals surface area contributed by atoms with Crippen molar-refractivity contribution in [3.8, 4) is 0 Å². The van der Waals surface area contributed by atoms with E-state index in [1.165, 1.54) is 17.0 Å². The highest BCUT2D eigenvalue weighted by atomic mass is 19.1. The highest BCUT2D eigenvalue weighted by molar-refractivity contribution is 5.97. The van der Waals surface area contributed by atoms with Gasteiger partial charge in [0, 0.05) is 0 Å². The van der Waals surface area contributed by atoms with E-state index in [4.69, 9.17) is 0 Å². The Morgan fingerprint density at radius 2 is 1.84 bits per heavy atom. The van der Waals surface area contributed by atoms with Gasteiger partial charge in [0.2, 0.25) is 11.8 Å². The summed E-state index contributed by atoms with van der Waals surface area (Å²) in [5.74, 6) is -0.638. The van der Waals surface area contributed by atoms with Crippen LogP contribution in [0.5, 0.6) is 0 Å². The van der Waals surface area contributed by atoms with Crippen molar-refractivity contribution in [2.45, 2.75) is 32.4 Å². The van der Waals surface area contributed by atoms with Crippen LogP contribution < -0.4 is 5.32 Å². The van der Waals surface area contributed by atoms with Crippen molar-refractivity contribution in [2.24, 2.45) is 0 Å². The Bertz CT molecular complexity index is 511. The number of amides is 2. The van der Waals surface area contributed by atoms with E-state index >= 15 is 0 Å². The maximum Gasteiger partial charge on any atom is 0.248 e. The molecule has 102 valence electrons. The van der Waals surface area contributed by atoms with Crippen molar-refractivity contribution >= 4 is 11.8 Å². The molecule has 2 rings (SSSR count). The number of rotatable bonds is 2. The van der Waals surface area contributed by atoms with Gasteiger partial charge in [-0.05, 0) is 38.5 Å². The predicted molar refractivity (Wildman–Crippen MR) is 68.7 cm³/mol. The van der Waals surface area contributed by atoms with Crippen molar-refractivity contribution < 1.29 is 14.0 Å². The van der Waals surface area contributed by atoms with Crippen molar-refractivity contribution in [2.75, 3.05) is 6.54 Å². The van der Waals surface area contributed by atoms with Crippen molar-refractivity contribution in [1.29, 1.82) is 0 Å². The molecule has 1 aliphatic heterocycles. The van der Waals surface area contributed by atoms with Gasteiger partial charge in [0.25, 0.3) is 0 Å². The molecule has 1 unspecified atom stereocenters. The average molecular weight is 264 g/mol. The summed E-state index contributed by atoms with van der Waals surface area (Å²) in [6.45, 7) is 5.22. The van der Waals surface area contributed by atoms with E-state index in [0.29, 0.717) is 0 Å². The zero-order valence-electron chi connectivity index (χ0n) is 11.2. The molecule has 5 heteroatoms. The first-order valence-corrected chi connectivity index (χ1v) is 6.19. The van der Waals surface area contributed by atoms with Gasteiger partial charge in [-0.3, -0.25) is 9.59 Å². The lowest BCUT2D eigenvalue weighted by Crippen LogP contribution is -2.64. The molecule has 0 radical (unpaired) electrons. The van der Waals surface area contributed by atoms with Crippen molar-refractivity contribution in [3.63, 3.8) is 0 Å². The highest BCUT2D eigenvalue weighted by Gasteiger charge is 2.41. The van der Waals surface area contributed by atoms with Gasteiger partial charge >= 0.3 is 0 Å². The van der Waals surface area contributed by atoms with Crippen LogP contribution in [-0.4, -0.2) is 28.8 Å². The van der Waals surface area contributed by atoms with Gasteiger partial charge in [-0.15, -0.1) is 0 Å². The van der Waals surface area contributed by atoms with Crippen LogP contribution in [0.1, 0.15) is 32.4 Å². The lowest BCUT2D eigenvalue weighted by atomic mass is 9.97. The maximum atomic E-state index is 12.9. The second-order valence-electron chi connectivity index (χ2n) is 5.33. The van der Waals surface area contributed by atoms with Gasteiger partial charge in [0.1, 0.15) is 17.9 Å². The molecule has 1 saturated heterocycles. The Labute approximate surface area is 111 Å². The first-order valence-electron chi connectivity index (χ1n) is 6.19. The quantitative estimate of drug-likeness (QED) is 0.882. The third-order valence-electron chi connectivity index (χ3n) is 3.38. The molecular formula is C14H17FN2O2. The maximum absolute atomic E-state index is 12.9. The molecule has 0 aromatic heterocycles. The standard InChI is InChI=1S/C14H17FN2O2/c1-9(10-4-6-11(15)7-5-10)17-8-12(18)16-14(2,3)13(17)19/h4-7,9H,8H2,1-3H3,(H,16,18). The van der Waals surface area contributed by atoms with Crippen LogP contribution in [0.3, 0.4) is 0 Å². The molecule has 1 fully saturated rings.